The third-order valence-electron chi connectivity index (χ3n) is 3.79. The molecule has 1 saturated heterocycles. The predicted molar refractivity (Wildman–Crippen MR) is 89.1 cm³/mol. The summed E-state index contributed by atoms with van der Waals surface area (Å²) in [7, 11) is -3.76. The van der Waals surface area contributed by atoms with Crippen LogP contribution in [0.1, 0.15) is 5.56 Å². The fraction of sp³-hybridized carbons (Fsp3) is 0.125. The number of hydrogen-bond donors (Lipinski definition) is 1. The normalized spacial score (nSPS) is 14.8. The van der Waals surface area contributed by atoms with Crippen molar-refractivity contribution in [1.29, 1.82) is 5.26 Å². The van der Waals surface area contributed by atoms with E-state index in [-0.39, 0.29) is 10.9 Å². The Balaban J connectivity index is 1.82. The SMILES string of the molecule is N#Cc1ccc(N2CCN(c3ccc(S(N)(=O)=O)cc3)C2=O)cc1. The summed E-state index contributed by atoms with van der Waals surface area (Å²) < 4.78 is 22.6. The Hall–Kier alpha value is -2.89. The Morgan fingerprint density at radius 1 is 0.917 bits per heavy atom. The van der Waals surface area contributed by atoms with Gasteiger partial charge in [-0.05, 0) is 48.5 Å². The second-order valence-corrected chi connectivity index (χ2v) is 6.84. The zero-order valence-electron chi connectivity index (χ0n) is 12.6. The molecule has 0 bridgehead atoms. The molecule has 2 aromatic rings. The van der Waals surface area contributed by atoms with Crippen molar-refractivity contribution in [1.82, 2.24) is 0 Å². The first kappa shape index (κ1) is 16.0. The first-order chi connectivity index (χ1) is 11.4. The number of hydrogen-bond acceptors (Lipinski definition) is 4. The maximum atomic E-state index is 12.6. The number of carbonyl (C=O) groups excluding carboxylic acids is 1. The average molecular weight is 342 g/mol. The fourth-order valence-corrected chi connectivity index (χ4v) is 3.06. The van der Waals surface area contributed by atoms with Crippen LogP contribution in [0.15, 0.2) is 53.4 Å². The van der Waals surface area contributed by atoms with Gasteiger partial charge in [-0.15, -0.1) is 0 Å². The van der Waals surface area contributed by atoms with Crippen LogP contribution in [0.2, 0.25) is 0 Å². The van der Waals surface area contributed by atoms with E-state index < -0.39 is 10.0 Å². The number of benzene rings is 2. The summed E-state index contributed by atoms with van der Waals surface area (Å²) in [5, 5.41) is 13.9. The molecule has 2 amide bonds. The van der Waals surface area contributed by atoms with Crippen molar-refractivity contribution < 1.29 is 13.2 Å². The second-order valence-electron chi connectivity index (χ2n) is 5.28. The molecule has 122 valence electrons. The molecule has 0 aromatic heterocycles. The van der Waals surface area contributed by atoms with Crippen LogP contribution in [0.3, 0.4) is 0 Å². The minimum atomic E-state index is -3.76. The first-order valence-electron chi connectivity index (χ1n) is 7.12. The van der Waals surface area contributed by atoms with E-state index in [1.54, 1.807) is 46.2 Å². The van der Waals surface area contributed by atoms with Crippen molar-refractivity contribution in [2.24, 2.45) is 5.14 Å². The molecule has 1 aliphatic rings. The van der Waals surface area contributed by atoms with Gasteiger partial charge in [0.25, 0.3) is 0 Å². The molecular weight excluding hydrogens is 328 g/mol. The number of rotatable bonds is 3. The largest absolute Gasteiger partial charge is 0.329 e. The molecule has 0 saturated carbocycles. The summed E-state index contributed by atoms with van der Waals surface area (Å²) in [6, 6.07) is 14.5. The second kappa shape index (κ2) is 5.96. The highest BCUT2D eigenvalue weighted by Gasteiger charge is 2.30. The number of nitrogens with zero attached hydrogens (tertiary/aromatic N) is 3. The number of nitrogens with two attached hydrogens (primary N) is 1. The lowest BCUT2D eigenvalue weighted by molar-refractivity contribution is 0.256. The van der Waals surface area contributed by atoms with E-state index >= 15 is 0 Å². The molecule has 24 heavy (non-hydrogen) atoms. The number of sulfonamides is 1. The molecule has 0 aliphatic carbocycles. The Bertz CT molecular complexity index is 915. The van der Waals surface area contributed by atoms with Crippen molar-refractivity contribution in [2.45, 2.75) is 4.90 Å². The third-order valence-corrected chi connectivity index (χ3v) is 4.72. The van der Waals surface area contributed by atoms with Crippen molar-refractivity contribution in [3.8, 4) is 6.07 Å². The van der Waals surface area contributed by atoms with Gasteiger partial charge in [0, 0.05) is 24.5 Å². The Kier molecular flexibility index (Phi) is 3.97. The molecule has 8 heteroatoms. The van der Waals surface area contributed by atoms with Crippen molar-refractivity contribution in [3.63, 3.8) is 0 Å². The van der Waals surface area contributed by atoms with Crippen LogP contribution in [0, 0.1) is 11.3 Å². The van der Waals surface area contributed by atoms with E-state index in [9.17, 15) is 13.2 Å². The van der Waals surface area contributed by atoms with Crippen molar-refractivity contribution in [2.75, 3.05) is 22.9 Å². The molecule has 1 aliphatic heterocycles. The third kappa shape index (κ3) is 2.95. The van der Waals surface area contributed by atoms with Gasteiger partial charge in [0.2, 0.25) is 10.0 Å². The number of amides is 2. The van der Waals surface area contributed by atoms with Crippen molar-refractivity contribution >= 4 is 27.4 Å². The van der Waals surface area contributed by atoms with Crippen LogP contribution in [-0.4, -0.2) is 27.5 Å². The highest BCUT2D eigenvalue weighted by molar-refractivity contribution is 7.89. The molecule has 2 N–H and O–H groups in total. The van der Waals surface area contributed by atoms with Gasteiger partial charge in [-0.3, -0.25) is 9.80 Å². The summed E-state index contributed by atoms with van der Waals surface area (Å²) in [4.78, 5) is 15.8. The van der Waals surface area contributed by atoms with Gasteiger partial charge in [0.1, 0.15) is 0 Å². The minimum Gasteiger partial charge on any atom is -0.292 e. The molecule has 0 unspecified atom stereocenters. The first-order valence-corrected chi connectivity index (χ1v) is 8.67. The molecule has 0 radical (unpaired) electrons. The molecule has 0 atom stereocenters. The fourth-order valence-electron chi connectivity index (χ4n) is 2.55. The topological polar surface area (TPSA) is 108 Å². The standard InChI is InChI=1S/C16H14N4O3S/c17-11-12-1-3-13(4-2-12)19-9-10-20(16(19)21)14-5-7-15(8-6-14)24(18,22)23/h1-8H,9-10H2,(H2,18,22,23). The smallest absolute Gasteiger partial charge is 0.292 e. The lowest BCUT2D eigenvalue weighted by Gasteiger charge is -2.19. The van der Waals surface area contributed by atoms with Gasteiger partial charge in [0.15, 0.2) is 0 Å². The molecule has 3 rings (SSSR count). The number of nitriles is 1. The quantitative estimate of drug-likeness (QED) is 0.915. The van der Waals surface area contributed by atoms with E-state index in [2.05, 4.69) is 0 Å². The zero-order valence-corrected chi connectivity index (χ0v) is 13.4. The summed E-state index contributed by atoms with van der Waals surface area (Å²) in [5.41, 5.74) is 1.84. The molecule has 0 spiro atoms. The van der Waals surface area contributed by atoms with Crippen LogP contribution >= 0.6 is 0 Å². The van der Waals surface area contributed by atoms with E-state index in [1.807, 2.05) is 6.07 Å². The van der Waals surface area contributed by atoms with Crippen LogP contribution in [0.25, 0.3) is 0 Å². The van der Waals surface area contributed by atoms with Crippen LogP contribution < -0.4 is 14.9 Å². The van der Waals surface area contributed by atoms with Gasteiger partial charge in [-0.25, -0.2) is 18.4 Å². The van der Waals surface area contributed by atoms with E-state index in [4.69, 9.17) is 10.4 Å². The van der Waals surface area contributed by atoms with Gasteiger partial charge >= 0.3 is 6.03 Å². The molecular formula is C16H14N4O3S. The number of primary sulfonamides is 1. The van der Waals surface area contributed by atoms with Gasteiger partial charge in [-0.1, -0.05) is 0 Å². The van der Waals surface area contributed by atoms with E-state index in [1.165, 1.54) is 12.1 Å². The number of carbonyl (C=O) groups is 1. The molecule has 1 fully saturated rings. The molecule has 2 aromatic carbocycles. The van der Waals surface area contributed by atoms with Crippen molar-refractivity contribution in [3.05, 3.63) is 54.1 Å². The Morgan fingerprint density at radius 3 is 1.79 bits per heavy atom. The number of anilines is 2. The maximum absolute atomic E-state index is 12.6. The predicted octanol–water partition coefficient (Wildman–Crippen LogP) is 1.65. The van der Waals surface area contributed by atoms with E-state index in [0.29, 0.717) is 30.0 Å². The van der Waals surface area contributed by atoms with Gasteiger partial charge in [-0.2, -0.15) is 5.26 Å². The lowest BCUT2D eigenvalue weighted by atomic mass is 10.2. The maximum Gasteiger partial charge on any atom is 0.329 e. The summed E-state index contributed by atoms with van der Waals surface area (Å²) in [5.74, 6) is 0. The lowest BCUT2D eigenvalue weighted by Crippen LogP contribution is -2.31. The highest BCUT2D eigenvalue weighted by Crippen LogP contribution is 2.26. The monoisotopic (exact) mass is 342 g/mol. The average Bonchev–Trinajstić information content (AvgIpc) is 2.96. The van der Waals surface area contributed by atoms with Crippen LogP contribution in [0.5, 0.6) is 0 Å². The summed E-state index contributed by atoms with van der Waals surface area (Å²) in [6.45, 7) is 0.981. The minimum absolute atomic E-state index is 0.00171. The number of urea groups is 1. The molecule has 1 heterocycles. The van der Waals surface area contributed by atoms with E-state index in [0.717, 1.165) is 0 Å². The van der Waals surface area contributed by atoms with Gasteiger partial charge in [0.05, 0.1) is 16.5 Å². The molecule has 7 nitrogen and oxygen atoms in total. The van der Waals surface area contributed by atoms with Gasteiger partial charge < -0.3 is 0 Å². The summed E-state index contributed by atoms with van der Waals surface area (Å²) >= 11 is 0. The van der Waals surface area contributed by atoms with Crippen LogP contribution in [-0.2, 0) is 10.0 Å². The Labute approximate surface area is 139 Å². The summed E-state index contributed by atoms with van der Waals surface area (Å²) in [6.07, 6.45) is 0. The Morgan fingerprint density at radius 2 is 1.38 bits per heavy atom. The van der Waals surface area contributed by atoms with Crippen LogP contribution in [0.4, 0.5) is 16.2 Å². The highest BCUT2D eigenvalue weighted by atomic mass is 32.2. The zero-order chi connectivity index (χ0) is 17.3.